The molecule has 2 saturated carbocycles. The maximum absolute atomic E-state index is 6.42. The van der Waals surface area contributed by atoms with Gasteiger partial charge in [-0.1, -0.05) is 24.4 Å². The van der Waals surface area contributed by atoms with Crippen LogP contribution < -0.4 is 0 Å². The maximum atomic E-state index is 6.42. The molecule has 2 aliphatic carbocycles. The quantitative estimate of drug-likeness (QED) is 0.585. The zero-order valence-electron chi connectivity index (χ0n) is 16.8. The van der Waals surface area contributed by atoms with Crippen LogP contribution >= 0.6 is 11.6 Å². The number of halogens is 1. The number of likely N-dealkylation sites (N-methyl/N-ethyl adjacent to an activating group) is 1. The zero-order valence-corrected chi connectivity index (χ0v) is 17.5. The van der Waals surface area contributed by atoms with E-state index >= 15 is 0 Å². The first-order valence-corrected chi connectivity index (χ1v) is 12.0. The Kier molecular flexibility index (Phi) is 5.28. The summed E-state index contributed by atoms with van der Waals surface area (Å²) in [4.78, 5) is 2.66. The van der Waals surface area contributed by atoms with E-state index < -0.39 is 0 Å². The van der Waals surface area contributed by atoms with Gasteiger partial charge in [-0.05, 0) is 76.7 Å². The Morgan fingerprint density at radius 3 is 2.56 bits per heavy atom. The van der Waals surface area contributed by atoms with Gasteiger partial charge in [0.1, 0.15) is 5.76 Å². The van der Waals surface area contributed by atoms with Crippen molar-refractivity contribution in [1.82, 2.24) is 10.1 Å². The van der Waals surface area contributed by atoms with Crippen LogP contribution in [0.5, 0.6) is 0 Å². The molecule has 3 heterocycles. The van der Waals surface area contributed by atoms with Gasteiger partial charge in [0.15, 0.2) is 0 Å². The van der Waals surface area contributed by atoms with Gasteiger partial charge in [0, 0.05) is 35.4 Å². The molecule has 0 N–H and O–H groups in total. The Balaban J connectivity index is 1.41. The van der Waals surface area contributed by atoms with Gasteiger partial charge in [-0.25, -0.2) is 0 Å². The number of aromatic nitrogens is 1. The van der Waals surface area contributed by atoms with Crippen LogP contribution in [0, 0.1) is 11.8 Å². The summed E-state index contributed by atoms with van der Waals surface area (Å²) in [5.74, 6) is 3.96. The molecule has 2 saturated heterocycles. The third-order valence-electron chi connectivity index (χ3n) is 8.52. The Bertz CT molecular complexity index is 632. The van der Waals surface area contributed by atoms with Gasteiger partial charge in [-0.15, -0.1) is 11.6 Å². The molecule has 0 amide bonds. The highest BCUT2D eigenvalue weighted by atomic mass is 35.5. The lowest BCUT2D eigenvalue weighted by atomic mass is 9.67. The topological polar surface area (TPSA) is 29.3 Å². The third-order valence-corrected chi connectivity index (χ3v) is 8.96. The largest absolute Gasteiger partial charge is 0.361 e. The molecule has 1 aromatic rings. The second-order valence-electron chi connectivity index (χ2n) is 9.89. The van der Waals surface area contributed by atoms with Crippen molar-refractivity contribution < 1.29 is 4.52 Å². The number of nitrogens with zero attached hydrogens (tertiary/aromatic N) is 2. The second-order valence-corrected chi connectivity index (χ2v) is 10.5. The molecule has 4 heteroatoms. The molecule has 27 heavy (non-hydrogen) atoms. The van der Waals surface area contributed by atoms with Gasteiger partial charge in [0.05, 0.1) is 5.69 Å². The summed E-state index contributed by atoms with van der Waals surface area (Å²) in [7, 11) is 2.35. The van der Waals surface area contributed by atoms with Crippen molar-refractivity contribution in [3.8, 4) is 0 Å². The fraction of sp³-hybridized carbons (Fsp3) is 0.870. The van der Waals surface area contributed by atoms with Crippen molar-refractivity contribution >= 4 is 11.6 Å². The Morgan fingerprint density at radius 2 is 1.78 bits per heavy atom. The van der Waals surface area contributed by atoms with E-state index in [0.717, 1.165) is 17.9 Å². The first kappa shape index (κ1) is 18.5. The molecule has 2 bridgehead atoms. The van der Waals surface area contributed by atoms with Crippen molar-refractivity contribution in [2.24, 2.45) is 11.8 Å². The Hall–Kier alpha value is -0.540. The first-order valence-electron chi connectivity index (χ1n) is 11.5. The van der Waals surface area contributed by atoms with Crippen molar-refractivity contribution in [2.75, 3.05) is 7.05 Å². The van der Waals surface area contributed by atoms with Crippen LogP contribution in [0.4, 0.5) is 0 Å². The molecule has 4 aliphatic rings. The highest BCUT2D eigenvalue weighted by molar-refractivity contribution is 6.20. The van der Waals surface area contributed by atoms with Gasteiger partial charge in [0.25, 0.3) is 0 Å². The number of fused-ring (bicyclic) bond motifs is 2. The van der Waals surface area contributed by atoms with Crippen LogP contribution in [-0.2, 0) is 0 Å². The van der Waals surface area contributed by atoms with Gasteiger partial charge < -0.3 is 4.52 Å². The van der Waals surface area contributed by atoms with E-state index in [1.54, 1.807) is 0 Å². The average Bonchev–Trinajstić information content (AvgIpc) is 3.26. The van der Waals surface area contributed by atoms with E-state index in [4.69, 9.17) is 16.1 Å². The van der Waals surface area contributed by atoms with Crippen LogP contribution in [-0.4, -0.2) is 34.6 Å². The minimum absolute atomic E-state index is 0.408. The molecule has 0 aromatic carbocycles. The lowest BCUT2D eigenvalue weighted by Crippen LogP contribution is -2.47. The van der Waals surface area contributed by atoms with Crippen molar-refractivity contribution in [3.05, 3.63) is 17.5 Å². The minimum atomic E-state index is 0.408. The molecule has 5 rings (SSSR count). The molecular formula is C23H35ClN2O. The SMILES string of the molecule is CN1C2CCC1C(c1cc(C3CCCCC3)no1)C(C1CCC(Cl)CC1)C2. The molecule has 150 valence electrons. The predicted octanol–water partition coefficient (Wildman–Crippen LogP) is 6.09. The van der Waals surface area contributed by atoms with Crippen molar-refractivity contribution in [2.45, 2.75) is 106 Å². The molecular weight excluding hydrogens is 356 g/mol. The van der Waals surface area contributed by atoms with Gasteiger partial charge in [0.2, 0.25) is 0 Å². The molecule has 4 atom stereocenters. The molecule has 0 radical (unpaired) electrons. The number of hydrogen-bond donors (Lipinski definition) is 0. The first-order chi connectivity index (χ1) is 13.2. The Morgan fingerprint density at radius 1 is 1.00 bits per heavy atom. The number of rotatable bonds is 3. The predicted molar refractivity (Wildman–Crippen MR) is 109 cm³/mol. The second kappa shape index (κ2) is 7.71. The smallest absolute Gasteiger partial charge is 0.141 e. The summed E-state index contributed by atoms with van der Waals surface area (Å²) in [6.45, 7) is 0. The molecule has 4 fully saturated rings. The van der Waals surface area contributed by atoms with Gasteiger partial charge >= 0.3 is 0 Å². The van der Waals surface area contributed by atoms with E-state index in [9.17, 15) is 0 Å². The fourth-order valence-electron chi connectivity index (χ4n) is 6.95. The standard InChI is InChI=1S/C23H35ClN2O/c1-26-18-11-12-21(26)23(19(13-18)15-7-9-17(24)10-8-15)22-14-20(25-27-22)16-5-3-2-4-6-16/h14-19,21,23H,2-13H2,1H3. The summed E-state index contributed by atoms with van der Waals surface area (Å²) in [6.07, 6.45) is 15.7. The van der Waals surface area contributed by atoms with Gasteiger partial charge in [-0.2, -0.15) is 0 Å². The van der Waals surface area contributed by atoms with E-state index in [0.29, 0.717) is 23.3 Å². The van der Waals surface area contributed by atoms with E-state index in [2.05, 4.69) is 23.2 Å². The molecule has 4 unspecified atom stereocenters. The molecule has 0 spiro atoms. The van der Waals surface area contributed by atoms with Gasteiger partial charge in [-0.3, -0.25) is 4.90 Å². The number of piperidine rings is 1. The highest BCUT2D eigenvalue weighted by Gasteiger charge is 2.50. The summed E-state index contributed by atoms with van der Waals surface area (Å²) >= 11 is 6.42. The van der Waals surface area contributed by atoms with E-state index in [1.165, 1.54) is 88.5 Å². The zero-order chi connectivity index (χ0) is 18.4. The minimum Gasteiger partial charge on any atom is -0.361 e. The summed E-state index contributed by atoms with van der Waals surface area (Å²) < 4.78 is 6.10. The summed E-state index contributed by atoms with van der Waals surface area (Å²) in [5.41, 5.74) is 1.25. The maximum Gasteiger partial charge on any atom is 0.141 e. The molecule has 3 nitrogen and oxygen atoms in total. The van der Waals surface area contributed by atoms with Crippen LogP contribution in [0.1, 0.15) is 100 Å². The third kappa shape index (κ3) is 3.48. The van der Waals surface area contributed by atoms with Crippen LogP contribution in [0.25, 0.3) is 0 Å². The molecule has 2 aliphatic heterocycles. The van der Waals surface area contributed by atoms with Crippen molar-refractivity contribution in [3.63, 3.8) is 0 Å². The van der Waals surface area contributed by atoms with Crippen molar-refractivity contribution in [1.29, 1.82) is 0 Å². The van der Waals surface area contributed by atoms with Crippen LogP contribution in [0.15, 0.2) is 10.6 Å². The van der Waals surface area contributed by atoms with Crippen LogP contribution in [0.3, 0.4) is 0 Å². The van der Waals surface area contributed by atoms with E-state index in [1.807, 2.05) is 0 Å². The average molecular weight is 391 g/mol. The number of hydrogen-bond acceptors (Lipinski definition) is 3. The number of alkyl halides is 1. The highest BCUT2D eigenvalue weighted by Crippen LogP contribution is 2.52. The summed E-state index contributed by atoms with van der Waals surface area (Å²) in [5, 5.41) is 5.01. The van der Waals surface area contributed by atoms with Crippen LogP contribution in [0.2, 0.25) is 0 Å². The monoisotopic (exact) mass is 390 g/mol. The lowest BCUT2D eigenvalue weighted by Gasteiger charge is -2.46. The normalized spacial score (nSPS) is 41.1. The Labute approximate surface area is 169 Å². The fourth-order valence-corrected chi connectivity index (χ4v) is 7.20. The lowest BCUT2D eigenvalue weighted by molar-refractivity contribution is 0.0519. The van der Waals surface area contributed by atoms with E-state index in [-0.39, 0.29) is 0 Å². The summed E-state index contributed by atoms with van der Waals surface area (Å²) in [6, 6.07) is 3.80. The molecule has 1 aromatic heterocycles.